The molecular formula is C29H29BFNO5. The van der Waals surface area contributed by atoms with E-state index in [9.17, 15) is 18.8 Å². The minimum Gasteiger partial charge on any atom is -0.399 e. The van der Waals surface area contributed by atoms with Crippen LogP contribution in [0.3, 0.4) is 0 Å². The van der Waals surface area contributed by atoms with Gasteiger partial charge >= 0.3 is 7.12 Å². The minimum absolute atomic E-state index is 0.00468. The number of halogens is 1. The summed E-state index contributed by atoms with van der Waals surface area (Å²) in [4.78, 5) is 39.6. The van der Waals surface area contributed by atoms with Crippen molar-refractivity contribution in [2.24, 2.45) is 0 Å². The first-order valence-electron chi connectivity index (χ1n) is 12.5. The zero-order valence-corrected chi connectivity index (χ0v) is 21.5. The van der Waals surface area contributed by atoms with Gasteiger partial charge in [-0.05, 0) is 81.9 Å². The van der Waals surface area contributed by atoms with Crippen LogP contribution in [-0.2, 0) is 22.2 Å². The lowest BCUT2D eigenvalue weighted by molar-refractivity contribution is 0.00578. The third-order valence-corrected chi connectivity index (χ3v) is 7.68. The van der Waals surface area contributed by atoms with E-state index in [2.05, 4.69) is 0 Å². The van der Waals surface area contributed by atoms with Crippen LogP contribution in [0, 0.1) is 5.82 Å². The molecule has 1 aliphatic heterocycles. The fourth-order valence-electron chi connectivity index (χ4n) is 4.81. The van der Waals surface area contributed by atoms with Gasteiger partial charge in [-0.25, -0.2) is 4.39 Å². The van der Waals surface area contributed by atoms with Crippen molar-refractivity contribution in [2.75, 3.05) is 0 Å². The maximum atomic E-state index is 13.5. The summed E-state index contributed by atoms with van der Waals surface area (Å²) >= 11 is 0. The molecule has 1 saturated heterocycles. The Hall–Kier alpha value is -3.36. The Kier molecular flexibility index (Phi) is 6.28. The van der Waals surface area contributed by atoms with Crippen LogP contribution in [0.5, 0.6) is 0 Å². The molecule has 37 heavy (non-hydrogen) atoms. The molecule has 0 radical (unpaired) electrons. The fraction of sp³-hybridized carbons (Fsp3) is 0.345. The van der Waals surface area contributed by atoms with Crippen LogP contribution in [0.1, 0.15) is 72.5 Å². The van der Waals surface area contributed by atoms with Gasteiger partial charge in [0.15, 0.2) is 11.6 Å². The van der Waals surface area contributed by atoms with Crippen molar-refractivity contribution in [2.45, 2.75) is 64.6 Å². The predicted molar refractivity (Wildman–Crippen MR) is 139 cm³/mol. The third kappa shape index (κ3) is 4.60. The summed E-state index contributed by atoms with van der Waals surface area (Å²) in [6, 6.07) is 14.3. The number of ketones is 2. The lowest BCUT2D eigenvalue weighted by atomic mass is 9.78. The number of carbonyl (C=O) groups excluding carboxylic acids is 2. The van der Waals surface area contributed by atoms with E-state index in [-0.39, 0.29) is 23.6 Å². The lowest BCUT2D eigenvalue weighted by Gasteiger charge is -2.32. The van der Waals surface area contributed by atoms with Gasteiger partial charge in [0.2, 0.25) is 0 Å². The van der Waals surface area contributed by atoms with Crippen molar-refractivity contribution < 1.29 is 23.3 Å². The van der Waals surface area contributed by atoms with E-state index >= 15 is 0 Å². The molecule has 6 nitrogen and oxygen atoms in total. The maximum Gasteiger partial charge on any atom is 0.494 e. The van der Waals surface area contributed by atoms with Crippen LogP contribution in [0.15, 0.2) is 59.4 Å². The molecule has 0 atom stereocenters. The van der Waals surface area contributed by atoms with Crippen molar-refractivity contribution in [3.05, 3.63) is 93.2 Å². The van der Waals surface area contributed by atoms with Crippen LogP contribution in [0.25, 0.3) is 5.69 Å². The number of pyridine rings is 1. The highest BCUT2D eigenvalue weighted by molar-refractivity contribution is 6.62. The minimum atomic E-state index is -0.510. The summed E-state index contributed by atoms with van der Waals surface area (Å²) < 4.78 is 27.1. The van der Waals surface area contributed by atoms with Gasteiger partial charge < -0.3 is 9.31 Å². The average molecular weight is 501 g/mol. The Labute approximate surface area is 215 Å². The van der Waals surface area contributed by atoms with Gasteiger partial charge in [-0.15, -0.1) is 0 Å². The van der Waals surface area contributed by atoms with E-state index < -0.39 is 29.7 Å². The van der Waals surface area contributed by atoms with Crippen LogP contribution in [0.2, 0.25) is 0 Å². The topological polar surface area (TPSA) is 74.6 Å². The van der Waals surface area contributed by atoms with Gasteiger partial charge in [0.1, 0.15) is 5.82 Å². The molecule has 0 bridgehead atoms. The Morgan fingerprint density at radius 1 is 0.946 bits per heavy atom. The number of fused-ring (bicyclic) bond motifs is 1. The highest BCUT2D eigenvalue weighted by Crippen LogP contribution is 2.36. The standard InChI is InChI=1S/C29H29BFNO5/c1-28(2)29(3,4)37-30(36-28)19-10-8-18(9-11-19)16-26(34)23-17-22-24(6-5-7-25(22)33)32(27(23)35)21-14-12-20(31)13-15-21/h8-15,17H,5-7,16H2,1-4H3. The van der Waals surface area contributed by atoms with E-state index in [4.69, 9.17) is 9.31 Å². The zero-order chi connectivity index (χ0) is 26.5. The number of benzene rings is 2. The Bertz CT molecular complexity index is 1420. The molecule has 5 rings (SSSR count). The summed E-state index contributed by atoms with van der Waals surface area (Å²) in [5.41, 5.74) is 1.48. The van der Waals surface area contributed by atoms with Crippen molar-refractivity contribution in [1.29, 1.82) is 0 Å². The van der Waals surface area contributed by atoms with Crippen molar-refractivity contribution in [3.63, 3.8) is 0 Å². The smallest absolute Gasteiger partial charge is 0.399 e. The number of Topliss-reactive ketones (excluding diaryl/α,β-unsaturated/α-hetero) is 2. The summed E-state index contributed by atoms with van der Waals surface area (Å²) in [6.07, 6.45) is 1.51. The van der Waals surface area contributed by atoms with Gasteiger partial charge in [0.05, 0.1) is 16.8 Å². The number of nitrogens with zero attached hydrogens (tertiary/aromatic N) is 1. The van der Waals surface area contributed by atoms with Crippen molar-refractivity contribution in [1.82, 2.24) is 4.57 Å². The quantitative estimate of drug-likeness (QED) is 0.387. The first-order valence-corrected chi connectivity index (χ1v) is 12.5. The Morgan fingerprint density at radius 3 is 2.19 bits per heavy atom. The van der Waals surface area contributed by atoms with Crippen LogP contribution < -0.4 is 11.0 Å². The molecule has 0 amide bonds. The van der Waals surface area contributed by atoms with Gasteiger partial charge in [-0.2, -0.15) is 0 Å². The fourth-order valence-corrected chi connectivity index (χ4v) is 4.81. The molecule has 1 aliphatic carbocycles. The van der Waals surface area contributed by atoms with Gasteiger partial charge in [-0.3, -0.25) is 19.0 Å². The Balaban J connectivity index is 1.45. The highest BCUT2D eigenvalue weighted by Gasteiger charge is 2.51. The van der Waals surface area contributed by atoms with E-state index in [0.717, 1.165) is 11.0 Å². The van der Waals surface area contributed by atoms with E-state index in [1.54, 1.807) is 0 Å². The van der Waals surface area contributed by atoms with Crippen molar-refractivity contribution >= 4 is 24.1 Å². The maximum absolute atomic E-state index is 13.5. The predicted octanol–water partition coefficient (Wildman–Crippen LogP) is 4.22. The third-order valence-electron chi connectivity index (χ3n) is 7.68. The Morgan fingerprint density at radius 2 is 1.57 bits per heavy atom. The molecule has 1 fully saturated rings. The van der Waals surface area contributed by atoms with E-state index in [1.165, 1.54) is 34.9 Å². The molecule has 2 heterocycles. The zero-order valence-electron chi connectivity index (χ0n) is 21.5. The monoisotopic (exact) mass is 501 g/mol. The van der Waals surface area contributed by atoms with Gasteiger partial charge in [-0.1, -0.05) is 24.3 Å². The number of rotatable bonds is 5. The molecule has 1 aromatic heterocycles. The molecule has 0 saturated carbocycles. The number of hydrogen-bond donors (Lipinski definition) is 0. The number of hydrogen-bond acceptors (Lipinski definition) is 5. The first-order chi connectivity index (χ1) is 17.5. The second-order valence-electron chi connectivity index (χ2n) is 10.7. The van der Waals surface area contributed by atoms with Gasteiger partial charge in [0.25, 0.3) is 5.56 Å². The summed E-state index contributed by atoms with van der Waals surface area (Å²) in [6.45, 7) is 7.95. The normalized spacial score (nSPS) is 18.1. The molecule has 2 aliphatic rings. The molecular weight excluding hydrogens is 472 g/mol. The molecule has 3 aromatic rings. The summed E-state index contributed by atoms with van der Waals surface area (Å²) in [5, 5.41) is 0. The number of aromatic nitrogens is 1. The van der Waals surface area contributed by atoms with Crippen LogP contribution in [0.4, 0.5) is 4.39 Å². The van der Waals surface area contributed by atoms with Gasteiger partial charge in [0, 0.05) is 29.8 Å². The largest absolute Gasteiger partial charge is 0.494 e. The van der Waals surface area contributed by atoms with E-state index in [1.807, 2.05) is 52.0 Å². The molecule has 0 N–H and O–H groups in total. The number of carbonyl (C=O) groups is 2. The molecule has 190 valence electrons. The molecule has 2 aromatic carbocycles. The summed E-state index contributed by atoms with van der Waals surface area (Å²) in [7, 11) is -0.510. The molecule has 0 spiro atoms. The average Bonchev–Trinajstić information content (AvgIpc) is 3.07. The summed E-state index contributed by atoms with van der Waals surface area (Å²) in [5.74, 6) is -0.915. The van der Waals surface area contributed by atoms with Crippen LogP contribution in [-0.4, -0.2) is 34.5 Å². The van der Waals surface area contributed by atoms with Crippen molar-refractivity contribution in [3.8, 4) is 5.69 Å². The second-order valence-corrected chi connectivity index (χ2v) is 10.7. The van der Waals surface area contributed by atoms with E-state index in [0.29, 0.717) is 36.2 Å². The SMILES string of the molecule is CC1(C)OB(c2ccc(CC(=O)c3cc4c(n(-c5ccc(F)cc5)c3=O)CCCC4=O)cc2)OC1(C)C. The van der Waals surface area contributed by atoms with Crippen LogP contribution >= 0.6 is 0 Å². The highest BCUT2D eigenvalue weighted by atomic mass is 19.1. The molecule has 0 unspecified atom stereocenters. The lowest BCUT2D eigenvalue weighted by Crippen LogP contribution is -2.41. The first kappa shape index (κ1) is 25.3. The molecule has 8 heteroatoms. The second kappa shape index (κ2) is 9.19.